The van der Waals surface area contributed by atoms with Crippen molar-refractivity contribution in [2.75, 3.05) is 0 Å². The molecule has 0 radical (unpaired) electrons. The zero-order valence-electron chi connectivity index (χ0n) is 6.74. The summed E-state index contributed by atoms with van der Waals surface area (Å²) in [7, 11) is 0. The van der Waals surface area contributed by atoms with Crippen molar-refractivity contribution in [3.8, 4) is 0 Å². The lowest BCUT2D eigenvalue weighted by Crippen LogP contribution is -2.02. The quantitative estimate of drug-likeness (QED) is 0.688. The van der Waals surface area contributed by atoms with Crippen LogP contribution in [0.15, 0.2) is 23.1 Å². The van der Waals surface area contributed by atoms with Gasteiger partial charge in [-0.25, -0.2) is 4.79 Å². The molecule has 0 saturated heterocycles. The van der Waals surface area contributed by atoms with Crippen LogP contribution in [0.5, 0.6) is 0 Å². The normalized spacial score (nSPS) is 9.83. The molecule has 0 fully saturated rings. The second kappa shape index (κ2) is 3.63. The van der Waals surface area contributed by atoms with Gasteiger partial charge in [0.05, 0.1) is 5.56 Å². The minimum atomic E-state index is -0.886. The van der Waals surface area contributed by atoms with Gasteiger partial charge in [-0.05, 0) is 24.1 Å². The predicted octanol–water partition coefficient (Wildman–Crippen LogP) is 2.24. The lowest BCUT2D eigenvalue weighted by molar-refractivity contribution is 0.0695. The summed E-state index contributed by atoms with van der Waals surface area (Å²) < 4.78 is 0. The molecule has 0 amide bonds. The van der Waals surface area contributed by atoms with Gasteiger partial charge in [0.15, 0.2) is 0 Å². The molecule has 0 atom stereocenters. The molecule has 0 aliphatic carbocycles. The molecule has 0 heterocycles. The van der Waals surface area contributed by atoms with Crippen molar-refractivity contribution >= 4 is 18.6 Å². The first kappa shape index (κ1) is 9.13. The Bertz CT molecular complexity index is 307. The van der Waals surface area contributed by atoms with E-state index in [9.17, 15) is 4.79 Å². The molecule has 0 aliphatic heterocycles. The third-order valence-corrected chi connectivity index (χ3v) is 2.15. The Labute approximate surface area is 76.6 Å². The van der Waals surface area contributed by atoms with Gasteiger partial charge in [-0.15, -0.1) is 12.6 Å². The molecular formula is C9H10O2S. The van der Waals surface area contributed by atoms with E-state index < -0.39 is 5.97 Å². The zero-order chi connectivity index (χ0) is 9.14. The summed E-state index contributed by atoms with van der Waals surface area (Å²) in [6.07, 6.45) is 0.696. The molecule has 0 spiro atoms. The van der Waals surface area contributed by atoms with Gasteiger partial charge < -0.3 is 5.11 Å². The molecule has 0 saturated carbocycles. The van der Waals surface area contributed by atoms with E-state index in [0.717, 1.165) is 10.5 Å². The molecule has 2 nitrogen and oxygen atoms in total. The van der Waals surface area contributed by atoms with Crippen LogP contribution in [0.1, 0.15) is 22.8 Å². The molecule has 1 N–H and O–H groups in total. The van der Waals surface area contributed by atoms with E-state index in [4.69, 9.17) is 5.11 Å². The zero-order valence-corrected chi connectivity index (χ0v) is 7.64. The van der Waals surface area contributed by atoms with Crippen molar-refractivity contribution in [1.29, 1.82) is 0 Å². The topological polar surface area (TPSA) is 37.3 Å². The van der Waals surface area contributed by atoms with Gasteiger partial charge in [0, 0.05) is 4.90 Å². The van der Waals surface area contributed by atoms with Crippen LogP contribution in [0.3, 0.4) is 0 Å². The second-order valence-electron chi connectivity index (χ2n) is 2.46. The van der Waals surface area contributed by atoms with Crippen molar-refractivity contribution in [2.24, 2.45) is 0 Å². The van der Waals surface area contributed by atoms with Crippen LogP contribution in [0, 0.1) is 0 Å². The first-order valence-corrected chi connectivity index (χ1v) is 4.15. The molecule has 0 aromatic heterocycles. The molecule has 1 aromatic carbocycles. The fraction of sp³-hybridized carbons (Fsp3) is 0.222. The smallest absolute Gasteiger partial charge is 0.336 e. The monoisotopic (exact) mass is 182 g/mol. The number of rotatable bonds is 2. The molecule has 3 heteroatoms. The van der Waals surface area contributed by atoms with E-state index in [0.29, 0.717) is 12.0 Å². The van der Waals surface area contributed by atoms with Crippen LogP contribution in [0.2, 0.25) is 0 Å². The lowest BCUT2D eigenvalue weighted by atomic mass is 10.1. The number of carboxylic acids is 1. The Kier molecular flexibility index (Phi) is 2.76. The van der Waals surface area contributed by atoms with Gasteiger partial charge in [0.25, 0.3) is 0 Å². The minimum Gasteiger partial charge on any atom is -0.478 e. The van der Waals surface area contributed by atoms with Gasteiger partial charge in [-0.3, -0.25) is 0 Å². The maximum absolute atomic E-state index is 10.7. The first-order chi connectivity index (χ1) is 5.66. The Morgan fingerprint density at radius 2 is 2.25 bits per heavy atom. The van der Waals surface area contributed by atoms with Crippen LogP contribution in [0.4, 0.5) is 0 Å². The number of carbonyl (C=O) groups is 1. The summed E-state index contributed by atoms with van der Waals surface area (Å²) in [4.78, 5) is 11.4. The fourth-order valence-electron chi connectivity index (χ4n) is 1.15. The highest BCUT2D eigenvalue weighted by molar-refractivity contribution is 7.80. The highest BCUT2D eigenvalue weighted by atomic mass is 32.1. The van der Waals surface area contributed by atoms with E-state index in [2.05, 4.69) is 12.6 Å². The molecule has 0 bridgehead atoms. The highest BCUT2D eigenvalue weighted by Gasteiger charge is 2.09. The maximum atomic E-state index is 10.7. The SMILES string of the molecule is CCc1c(S)cccc1C(=O)O. The van der Waals surface area contributed by atoms with E-state index in [1.165, 1.54) is 0 Å². The molecule has 12 heavy (non-hydrogen) atoms. The van der Waals surface area contributed by atoms with E-state index in [1.807, 2.05) is 6.92 Å². The highest BCUT2D eigenvalue weighted by Crippen LogP contribution is 2.18. The summed E-state index contributed by atoms with van der Waals surface area (Å²) in [5.41, 5.74) is 1.15. The van der Waals surface area contributed by atoms with Gasteiger partial charge in [0.2, 0.25) is 0 Å². The van der Waals surface area contributed by atoms with Crippen molar-refractivity contribution in [1.82, 2.24) is 0 Å². The number of carboxylic acid groups (broad SMARTS) is 1. The molecule has 1 rings (SSSR count). The van der Waals surface area contributed by atoms with Crippen LogP contribution in [0.25, 0.3) is 0 Å². The van der Waals surface area contributed by atoms with Gasteiger partial charge >= 0.3 is 5.97 Å². The average Bonchev–Trinajstić information content (AvgIpc) is 2.03. The van der Waals surface area contributed by atoms with Crippen LogP contribution >= 0.6 is 12.6 Å². The third kappa shape index (κ3) is 1.61. The average molecular weight is 182 g/mol. The summed E-state index contributed by atoms with van der Waals surface area (Å²) in [6, 6.07) is 5.10. The lowest BCUT2D eigenvalue weighted by Gasteiger charge is -2.05. The number of benzene rings is 1. The summed E-state index contributed by atoms with van der Waals surface area (Å²) in [5.74, 6) is -0.886. The molecule has 64 valence electrons. The van der Waals surface area contributed by atoms with Crippen LogP contribution in [-0.2, 0) is 6.42 Å². The summed E-state index contributed by atoms with van der Waals surface area (Å²) >= 11 is 4.18. The van der Waals surface area contributed by atoms with Crippen molar-refractivity contribution in [2.45, 2.75) is 18.2 Å². The number of hydrogen-bond donors (Lipinski definition) is 2. The fourth-order valence-corrected chi connectivity index (χ4v) is 1.51. The largest absolute Gasteiger partial charge is 0.478 e. The van der Waals surface area contributed by atoms with Gasteiger partial charge in [-0.2, -0.15) is 0 Å². The standard InChI is InChI=1S/C9H10O2S/c1-2-6-7(9(10)11)4-3-5-8(6)12/h3-5,12H,2H2,1H3,(H,10,11). The number of thiol groups is 1. The Hall–Kier alpha value is -0.960. The minimum absolute atomic E-state index is 0.352. The van der Waals surface area contributed by atoms with Crippen LogP contribution < -0.4 is 0 Å². The predicted molar refractivity (Wildman–Crippen MR) is 50.0 cm³/mol. The van der Waals surface area contributed by atoms with E-state index in [1.54, 1.807) is 18.2 Å². The third-order valence-electron chi connectivity index (χ3n) is 1.74. The Morgan fingerprint density at radius 1 is 1.58 bits per heavy atom. The van der Waals surface area contributed by atoms with Gasteiger partial charge in [-0.1, -0.05) is 13.0 Å². The summed E-state index contributed by atoms with van der Waals surface area (Å²) in [6.45, 7) is 1.92. The molecule has 0 aliphatic rings. The maximum Gasteiger partial charge on any atom is 0.336 e. The molecule has 0 unspecified atom stereocenters. The Balaban J connectivity index is 3.27. The van der Waals surface area contributed by atoms with Crippen molar-refractivity contribution in [3.63, 3.8) is 0 Å². The number of aromatic carboxylic acids is 1. The van der Waals surface area contributed by atoms with E-state index >= 15 is 0 Å². The Morgan fingerprint density at radius 3 is 2.67 bits per heavy atom. The second-order valence-corrected chi connectivity index (χ2v) is 2.94. The molecule has 1 aromatic rings. The first-order valence-electron chi connectivity index (χ1n) is 3.71. The number of hydrogen-bond acceptors (Lipinski definition) is 2. The van der Waals surface area contributed by atoms with Crippen LogP contribution in [-0.4, -0.2) is 11.1 Å². The van der Waals surface area contributed by atoms with Gasteiger partial charge in [0.1, 0.15) is 0 Å². The van der Waals surface area contributed by atoms with E-state index in [-0.39, 0.29) is 0 Å². The molecular weight excluding hydrogens is 172 g/mol. The summed E-state index contributed by atoms with van der Waals surface area (Å²) in [5, 5.41) is 8.79. The van der Waals surface area contributed by atoms with Crippen molar-refractivity contribution in [3.05, 3.63) is 29.3 Å². The van der Waals surface area contributed by atoms with Crippen molar-refractivity contribution < 1.29 is 9.90 Å².